The molecule has 10 heteroatoms. The van der Waals surface area contributed by atoms with Crippen LogP contribution in [-0.4, -0.2) is 32.5 Å². The maximum absolute atomic E-state index is 13.0. The Labute approximate surface area is 146 Å². The van der Waals surface area contributed by atoms with E-state index in [1.54, 1.807) is 27.7 Å². The second-order valence-electron chi connectivity index (χ2n) is 6.89. The van der Waals surface area contributed by atoms with E-state index in [9.17, 15) is 21.6 Å². The van der Waals surface area contributed by atoms with E-state index in [0.29, 0.717) is 0 Å². The van der Waals surface area contributed by atoms with E-state index in [0.717, 1.165) is 12.1 Å². The first-order chi connectivity index (χ1) is 11.2. The normalized spacial score (nSPS) is 19.9. The minimum Gasteiger partial charge on any atom is -0.399 e. The summed E-state index contributed by atoms with van der Waals surface area (Å²) in [5, 5.41) is 0. The predicted molar refractivity (Wildman–Crippen MR) is 90.2 cm³/mol. The molecule has 1 aliphatic rings. The van der Waals surface area contributed by atoms with Crippen LogP contribution in [0.4, 0.5) is 18.9 Å². The molecular formula is C15H21BF3NO4S. The zero-order valence-electron chi connectivity index (χ0n) is 14.7. The van der Waals surface area contributed by atoms with Crippen LogP contribution < -0.4 is 10.2 Å². The van der Waals surface area contributed by atoms with Gasteiger partial charge in [0.1, 0.15) is 0 Å². The summed E-state index contributed by atoms with van der Waals surface area (Å²) < 4.78 is 76.6. The van der Waals surface area contributed by atoms with E-state index in [-0.39, 0.29) is 16.9 Å². The average Bonchev–Trinajstić information content (AvgIpc) is 2.65. The second-order valence-corrected chi connectivity index (χ2v) is 8.90. The molecule has 0 spiro atoms. The number of benzene rings is 1. The monoisotopic (exact) mass is 379 g/mol. The van der Waals surface area contributed by atoms with Crippen LogP contribution in [0, 0.1) is 0 Å². The molecule has 1 saturated heterocycles. The molecule has 25 heavy (non-hydrogen) atoms. The van der Waals surface area contributed by atoms with Crippen LogP contribution in [0.25, 0.3) is 0 Å². The number of nitrogens with one attached hydrogen (secondary N) is 1. The molecule has 1 heterocycles. The highest BCUT2D eigenvalue weighted by atomic mass is 32.2. The predicted octanol–water partition coefficient (Wildman–Crippen LogP) is 2.77. The van der Waals surface area contributed by atoms with Gasteiger partial charge in [-0.3, -0.25) is 4.72 Å². The summed E-state index contributed by atoms with van der Waals surface area (Å²) in [4.78, 5) is 0. The molecule has 5 nitrogen and oxygen atoms in total. The zero-order valence-corrected chi connectivity index (χ0v) is 15.5. The molecule has 1 N–H and O–H groups in total. The van der Waals surface area contributed by atoms with E-state index in [2.05, 4.69) is 4.72 Å². The highest BCUT2D eigenvalue weighted by Crippen LogP contribution is 2.38. The van der Waals surface area contributed by atoms with Crippen molar-refractivity contribution in [1.82, 2.24) is 0 Å². The molecule has 140 valence electrons. The Morgan fingerprint density at radius 2 is 1.64 bits per heavy atom. The number of hydrogen-bond acceptors (Lipinski definition) is 4. The number of hydrogen-bond donors (Lipinski definition) is 1. The Morgan fingerprint density at radius 3 is 2.08 bits per heavy atom. The van der Waals surface area contributed by atoms with Crippen molar-refractivity contribution in [3.8, 4) is 0 Å². The summed E-state index contributed by atoms with van der Waals surface area (Å²) in [6.45, 7) is 8.59. The summed E-state index contributed by atoms with van der Waals surface area (Å²) in [7, 11) is -4.76. The van der Waals surface area contributed by atoms with Gasteiger partial charge in [-0.15, -0.1) is 0 Å². The van der Waals surface area contributed by atoms with Crippen molar-refractivity contribution in [2.75, 3.05) is 10.5 Å². The lowest BCUT2D eigenvalue weighted by molar-refractivity contribution is -0.137. The minimum absolute atomic E-state index is 0.198. The van der Waals surface area contributed by atoms with Crippen molar-refractivity contribution in [3.05, 3.63) is 23.8 Å². The van der Waals surface area contributed by atoms with E-state index in [4.69, 9.17) is 9.31 Å². The van der Waals surface area contributed by atoms with Crippen molar-refractivity contribution >= 4 is 28.3 Å². The lowest BCUT2D eigenvalue weighted by Crippen LogP contribution is -2.41. The van der Waals surface area contributed by atoms with Crippen molar-refractivity contribution in [1.29, 1.82) is 0 Å². The molecule has 0 saturated carbocycles. The third kappa shape index (κ3) is 4.12. The van der Waals surface area contributed by atoms with Gasteiger partial charge in [0.15, 0.2) is 0 Å². The summed E-state index contributed by atoms with van der Waals surface area (Å²) in [5.74, 6) is -0.272. The molecule has 1 aromatic rings. The van der Waals surface area contributed by atoms with Crippen LogP contribution in [0.5, 0.6) is 0 Å². The van der Waals surface area contributed by atoms with Gasteiger partial charge in [-0.25, -0.2) is 8.42 Å². The fourth-order valence-corrected chi connectivity index (χ4v) is 2.89. The maximum Gasteiger partial charge on any atom is 0.497 e. The topological polar surface area (TPSA) is 64.6 Å². The molecule has 1 aromatic carbocycles. The Hall–Kier alpha value is -1.26. The Morgan fingerprint density at radius 1 is 1.12 bits per heavy atom. The van der Waals surface area contributed by atoms with Crippen molar-refractivity contribution in [2.24, 2.45) is 0 Å². The SMILES string of the molecule is CCS(=O)(=O)Nc1cc(C(F)(F)F)ccc1B1OC(C)(C)C(C)(C)O1. The van der Waals surface area contributed by atoms with Crippen LogP contribution in [-0.2, 0) is 25.5 Å². The zero-order chi connectivity index (χ0) is 19.3. The molecule has 2 rings (SSSR count). The Bertz CT molecular complexity index is 747. The third-order valence-corrected chi connectivity index (χ3v) is 5.82. The van der Waals surface area contributed by atoms with Gasteiger partial charge in [-0.05, 0) is 40.7 Å². The minimum atomic E-state index is -4.60. The first-order valence-electron chi connectivity index (χ1n) is 7.76. The van der Waals surface area contributed by atoms with Crippen LogP contribution in [0.2, 0.25) is 0 Å². The van der Waals surface area contributed by atoms with Crippen LogP contribution in [0.15, 0.2) is 18.2 Å². The second kappa shape index (κ2) is 6.17. The number of alkyl halides is 3. The quantitative estimate of drug-likeness (QED) is 0.818. The van der Waals surface area contributed by atoms with Crippen molar-refractivity contribution in [3.63, 3.8) is 0 Å². The van der Waals surface area contributed by atoms with Crippen molar-refractivity contribution in [2.45, 2.75) is 52.0 Å². The van der Waals surface area contributed by atoms with E-state index >= 15 is 0 Å². The van der Waals surface area contributed by atoms with E-state index in [1.165, 1.54) is 13.0 Å². The first kappa shape index (κ1) is 20.1. The molecule has 1 aliphatic heterocycles. The number of rotatable bonds is 4. The smallest absolute Gasteiger partial charge is 0.399 e. The largest absolute Gasteiger partial charge is 0.497 e. The Kier molecular flexibility index (Phi) is 4.95. The average molecular weight is 379 g/mol. The van der Waals surface area contributed by atoms with Gasteiger partial charge in [0.2, 0.25) is 10.0 Å². The number of halogens is 3. The van der Waals surface area contributed by atoms with Gasteiger partial charge in [-0.1, -0.05) is 12.1 Å². The molecule has 0 bridgehead atoms. The lowest BCUT2D eigenvalue weighted by atomic mass is 9.77. The molecule has 0 amide bonds. The lowest BCUT2D eigenvalue weighted by Gasteiger charge is -2.32. The van der Waals surface area contributed by atoms with E-state index < -0.39 is 40.1 Å². The third-order valence-electron chi connectivity index (χ3n) is 4.53. The summed E-state index contributed by atoms with van der Waals surface area (Å²) in [6.07, 6.45) is -4.60. The van der Waals surface area contributed by atoms with Gasteiger partial charge < -0.3 is 9.31 Å². The van der Waals surface area contributed by atoms with Gasteiger partial charge >= 0.3 is 13.3 Å². The van der Waals surface area contributed by atoms with E-state index in [1.807, 2.05) is 0 Å². The van der Waals surface area contributed by atoms with Gasteiger partial charge in [0, 0.05) is 11.2 Å². The first-order valence-corrected chi connectivity index (χ1v) is 9.41. The van der Waals surface area contributed by atoms with Crippen LogP contribution in [0.1, 0.15) is 40.2 Å². The fourth-order valence-electron chi connectivity index (χ4n) is 2.24. The maximum atomic E-state index is 13.0. The van der Waals surface area contributed by atoms with Crippen LogP contribution in [0.3, 0.4) is 0 Å². The number of anilines is 1. The fraction of sp³-hybridized carbons (Fsp3) is 0.600. The van der Waals surface area contributed by atoms with Gasteiger partial charge in [0.05, 0.1) is 22.5 Å². The molecule has 0 aromatic heterocycles. The standard InChI is InChI=1S/C15H21BF3NO4S/c1-6-25(21,22)20-12-9-10(15(17,18)19)7-8-11(12)16-23-13(2,3)14(4,5)24-16/h7-9,20H,6H2,1-5H3. The van der Waals surface area contributed by atoms with Crippen molar-refractivity contribution < 1.29 is 30.9 Å². The highest BCUT2D eigenvalue weighted by Gasteiger charge is 2.52. The molecule has 0 aliphatic carbocycles. The summed E-state index contributed by atoms with van der Waals surface area (Å²) >= 11 is 0. The molecule has 1 fully saturated rings. The van der Waals surface area contributed by atoms with Crippen LogP contribution >= 0.6 is 0 Å². The highest BCUT2D eigenvalue weighted by molar-refractivity contribution is 7.92. The molecule has 0 radical (unpaired) electrons. The number of sulfonamides is 1. The molecule has 0 atom stereocenters. The summed E-state index contributed by atoms with van der Waals surface area (Å²) in [5.41, 5.74) is -2.37. The Balaban J connectivity index is 2.51. The molecule has 0 unspecified atom stereocenters. The van der Waals surface area contributed by atoms with Gasteiger partial charge in [0.25, 0.3) is 0 Å². The summed E-state index contributed by atoms with van der Waals surface area (Å²) in [6, 6.07) is 2.82. The molecular weight excluding hydrogens is 358 g/mol. The van der Waals surface area contributed by atoms with Gasteiger partial charge in [-0.2, -0.15) is 13.2 Å².